The zero-order valence-electron chi connectivity index (χ0n) is 20.4. The molecule has 3 fully saturated rings. The smallest absolute Gasteiger partial charge is 0.237 e. The van der Waals surface area contributed by atoms with Gasteiger partial charge in [-0.25, -0.2) is 0 Å². The van der Waals surface area contributed by atoms with E-state index in [2.05, 4.69) is 10.6 Å². The minimum Gasteiger partial charge on any atom is -0.390 e. The summed E-state index contributed by atoms with van der Waals surface area (Å²) in [5, 5.41) is 26.7. The van der Waals surface area contributed by atoms with Crippen LogP contribution in [0.1, 0.15) is 84.0 Å². The topological polar surface area (TPSA) is 90.8 Å². The monoisotopic (exact) mass is 504 g/mol. The Balaban J connectivity index is 1.47. The number of nitrogens with one attached hydrogen (secondary N) is 2. The van der Waals surface area contributed by atoms with Crippen LogP contribution in [-0.2, 0) is 9.53 Å². The fourth-order valence-corrected chi connectivity index (χ4v) is 6.75. The van der Waals surface area contributed by atoms with Crippen LogP contribution in [0.25, 0.3) is 0 Å². The van der Waals surface area contributed by atoms with Crippen molar-refractivity contribution in [1.82, 2.24) is 10.6 Å². The third-order valence-electron chi connectivity index (χ3n) is 7.93. The minimum absolute atomic E-state index is 0.0713. The highest BCUT2D eigenvalue weighted by Crippen LogP contribution is 2.31. The second kappa shape index (κ2) is 13.9. The summed E-state index contributed by atoms with van der Waals surface area (Å²) in [5.74, 6) is 1.56. The van der Waals surface area contributed by atoms with Gasteiger partial charge in [-0.3, -0.25) is 4.79 Å². The van der Waals surface area contributed by atoms with Gasteiger partial charge in [0.2, 0.25) is 5.91 Å². The summed E-state index contributed by atoms with van der Waals surface area (Å²) in [6.07, 6.45) is 13.9. The molecule has 2 heterocycles. The molecule has 0 bridgehead atoms. The van der Waals surface area contributed by atoms with Gasteiger partial charge in [0.15, 0.2) is 0 Å². The van der Waals surface area contributed by atoms with E-state index in [0.29, 0.717) is 5.92 Å². The van der Waals surface area contributed by atoms with Crippen molar-refractivity contribution in [2.45, 2.75) is 125 Å². The first-order valence-electron chi connectivity index (χ1n) is 13.1. The lowest BCUT2D eigenvalue weighted by molar-refractivity contribution is -0.151. The standard InChI is InChI=1S/C25H45ClN2O4S/c1-16(26)22(23-20(29)15-21(30)25(32-23)33-2)28-24(31)19-12-11-18(13-14-27-19)10-6-9-17-7-4-3-5-8-17/h16-23,25,27,29-30H,3-15H2,1-2H3,(H,28,31)/t16?,18?,19?,20-,21?,22?,23?,25?/m0/s1. The fourth-order valence-electron chi connectivity index (χ4n) is 5.88. The van der Waals surface area contributed by atoms with Crippen LogP contribution < -0.4 is 10.6 Å². The first-order valence-corrected chi connectivity index (χ1v) is 14.8. The van der Waals surface area contributed by atoms with Gasteiger partial charge in [-0.2, -0.15) is 0 Å². The molecule has 0 aromatic heterocycles. The zero-order chi connectivity index (χ0) is 23.8. The lowest BCUT2D eigenvalue weighted by Gasteiger charge is -2.41. The third-order valence-corrected chi connectivity index (χ3v) is 9.09. The van der Waals surface area contributed by atoms with E-state index in [-0.39, 0.29) is 18.4 Å². The summed E-state index contributed by atoms with van der Waals surface area (Å²) in [6.45, 7) is 2.67. The highest BCUT2D eigenvalue weighted by Gasteiger charge is 2.42. The molecule has 0 aromatic carbocycles. The van der Waals surface area contributed by atoms with Crippen LogP contribution in [0.3, 0.4) is 0 Å². The molecule has 1 amide bonds. The number of alkyl halides is 1. The van der Waals surface area contributed by atoms with Crippen LogP contribution in [0, 0.1) is 11.8 Å². The number of hydrogen-bond acceptors (Lipinski definition) is 6. The Morgan fingerprint density at radius 2 is 1.79 bits per heavy atom. The molecule has 4 N–H and O–H groups in total. The van der Waals surface area contributed by atoms with Gasteiger partial charge >= 0.3 is 0 Å². The third kappa shape index (κ3) is 8.25. The summed E-state index contributed by atoms with van der Waals surface area (Å²) >= 11 is 7.84. The van der Waals surface area contributed by atoms with E-state index < -0.39 is 35.2 Å². The lowest BCUT2D eigenvalue weighted by atomic mass is 9.84. The van der Waals surface area contributed by atoms with Crippen LogP contribution in [0.2, 0.25) is 0 Å². The van der Waals surface area contributed by atoms with E-state index in [1.54, 1.807) is 0 Å². The molecule has 7 unspecified atom stereocenters. The number of aliphatic hydroxyl groups excluding tert-OH is 2. The van der Waals surface area contributed by atoms with Crippen molar-refractivity contribution in [2.24, 2.45) is 11.8 Å². The summed E-state index contributed by atoms with van der Waals surface area (Å²) in [6, 6.07) is -0.762. The Hall–Kier alpha value is -0.0500. The Morgan fingerprint density at radius 3 is 2.45 bits per heavy atom. The van der Waals surface area contributed by atoms with Crippen molar-refractivity contribution >= 4 is 29.3 Å². The van der Waals surface area contributed by atoms with Gasteiger partial charge in [0.05, 0.1) is 29.7 Å². The van der Waals surface area contributed by atoms with E-state index in [1.165, 1.54) is 63.1 Å². The average Bonchev–Trinajstić information content (AvgIpc) is 3.04. The Labute approximate surface area is 209 Å². The Morgan fingerprint density at radius 1 is 1.09 bits per heavy atom. The van der Waals surface area contributed by atoms with Gasteiger partial charge in [0.1, 0.15) is 11.5 Å². The predicted molar refractivity (Wildman–Crippen MR) is 136 cm³/mol. The summed E-state index contributed by atoms with van der Waals surface area (Å²) in [7, 11) is 0. The molecule has 0 spiro atoms. The number of ether oxygens (including phenoxy) is 1. The summed E-state index contributed by atoms with van der Waals surface area (Å²) < 4.78 is 5.95. The SMILES string of the molecule is CSC1OC(C(NC(=O)C2CCC(CCCC3CCCCC3)CCN2)C(C)Cl)[C@@H](O)CC1O. The first-order chi connectivity index (χ1) is 15.9. The van der Waals surface area contributed by atoms with Crippen LogP contribution in [0.15, 0.2) is 0 Å². The number of carbonyl (C=O) groups is 1. The predicted octanol–water partition coefficient (Wildman–Crippen LogP) is 3.81. The Kier molecular flexibility index (Phi) is 11.6. The van der Waals surface area contributed by atoms with Gasteiger partial charge in [-0.15, -0.1) is 23.4 Å². The molecule has 33 heavy (non-hydrogen) atoms. The molecule has 1 aliphatic carbocycles. The number of halogens is 1. The number of hydrogen-bond donors (Lipinski definition) is 4. The quantitative estimate of drug-likeness (QED) is 0.357. The molecular formula is C25H45ClN2O4S. The molecule has 3 aliphatic rings. The van der Waals surface area contributed by atoms with Crippen molar-refractivity contribution in [1.29, 1.82) is 0 Å². The summed E-state index contributed by atoms with van der Waals surface area (Å²) in [4.78, 5) is 13.1. The molecular weight excluding hydrogens is 460 g/mol. The summed E-state index contributed by atoms with van der Waals surface area (Å²) in [5.41, 5.74) is -0.432. The van der Waals surface area contributed by atoms with Gasteiger partial charge < -0.3 is 25.6 Å². The Bertz CT molecular complexity index is 593. The molecule has 2 aliphatic heterocycles. The molecule has 8 atom stereocenters. The van der Waals surface area contributed by atoms with Crippen molar-refractivity contribution in [3.63, 3.8) is 0 Å². The van der Waals surface area contributed by atoms with E-state index >= 15 is 0 Å². The maximum Gasteiger partial charge on any atom is 0.237 e. The second-order valence-corrected chi connectivity index (χ2v) is 12.1. The van der Waals surface area contributed by atoms with E-state index in [1.807, 2.05) is 13.2 Å². The number of carbonyl (C=O) groups excluding carboxylic acids is 1. The molecule has 2 saturated heterocycles. The van der Waals surface area contributed by atoms with E-state index in [9.17, 15) is 15.0 Å². The van der Waals surface area contributed by atoms with E-state index in [0.717, 1.165) is 31.7 Å². The molecule has 1 saturated carbocycles. The van der Waals surface area contributed by atoms with Gasteiger partial charge in [0.25, 0.3) is 0 Å². The number of amides is 1. The molecule has 0 aromatic rings. The molecule has 8 heteroatoms. The molecule has 192 valence electrons. The molecule has 3 rings (SSSR count). The van der Waals surface area contributed by atoms with Crippen LogP contribution in [0.5, 0.6) is 0 Å². The fraction of sp³-hybridized carbons (Fsp3) is 0.960. The maximum absolute atomic E-state index is 13.1. The van der Waals surface area contributed by atoms with Crippen molar-refractivity contribution in [3.8, 4) is 0 Å². The van der Waals surface area contributed by atoms with Crippen molar-refractivity contribution in [3.05, 3.63) is 0 Å². The van der Waals surface area contributed by atoms with Gasteiger partial charge in [-0.1, -0.05) is 51.4 Å². The largest absolute Gasteiger partial charge is 0.390 e. The number of aliphatic hydroxyl groups is 2. The molecule has 0 radical (unpaired) electrons. The van der Waals surface area contributed by atoms with Crippen molar-refractivity contribution in [2.75, 3.05) is 12.8 Å². The highest BCUT2D eigenvalue weighted by molar-refractivity contribution is 7.99. The first kappa shape index (κ1) is 27.5. The van der Waals surface area contributed by atoms with Crippen LogP contribution in [-0.4, -0.2) is 70.1 Å². The van der Waals surface area contributed by atoms with Crippen LogP contribution >= 0.6 is 23.4 Å². The highest BCUT2D eigenvalue weighted by atomic mass is 35.5. The maximum atomic E-state index is 13.1. The van der Waals surface area contributed by atoms with Gasteiger partial charge in [-0.05, 0) is 50.8 Å². The average molecular weight is 505 g/mol. The van der Waals surface area contributed by atoms with E-state index in [4.69, 9.17) is 16.3 Å². The number of thioether (sulfide) groups is 1. The van der Waals surface area contributed by atoms with Crippen molar-refractivity contribution < 1.29 is 19.7 Å². The normalized spacial score (nSPS) is 36.0. The zero-order valence-corrected chi connectivity index (χ0v) is 22.0. The minimum atomic E-state index is -0.870. The second-order valence-electron chi connectivity index (χ2n) is 10.5. The van der Waals surface area contributed by atoms with Crippen LogP contribution in [0.4, 0.5) is 0 Å². The van der Waals surface area contributed by atoms with Gasteiger partial charge in [0, 0.05) is 6.42 Å². The number of rotatable bonds is 9. The lowest BCUT2D eigenvalue weighted by Crippen LogP contribution is -2.60. The molecule has 6 nitrogen and oxygen atoms in total.